The Balaban J connectivity index is 1.96. The summed E-state index contributed by atoms with van der Waals surface area (Å²) in [6.07, 6.45) is -4.72. The van der Waals surface area contributed by atoms with Crippen molar-refractivity contribution in [1.29, 1.82) is 0 Å². The Labute approximate surface area is 135 Å². The SMILES string of the molecule is O=C(CC(=O)N1CCc2ccc(C(=O)O)cc2C1)NCC(F)(F)F. The molecule has 0 bridgehead atoms. The Hall–Kier alpha value is -2.58. The first-order valence-electron chi connectivity index (χ1n) is 7.12. The molecule has 0 saturated heterocycles. The smallest absolute Gasteiger partial charge is 0.405 e. The average Bonchev–Trinajstić information content (AvgIpc) is 2.51. The van der Waals surface area contributed by atoms with E-state index in [0.717, 1.165) is 5.56 Å². The Morgan fingerprint density at radius 2 is 1.92 bits per heavy atom. The van der Waals surface area contributed by atoms with Crippen molar-refractivity contribution in [2.45, 2.75) is 25.6 Å². The molecule has 1 aliphatic heterocycles. The number of hydrogen-bond donors (Lipinski definition) is 2. The number of hydrogen-bond acceptors (Lipinski definition) is 3. The van der Waals surface area contributed by atoms with Crippen LogP contribution in [0.3, 0.4) is 0 Å². The van der Waals surface area contributed by atoms with E-state index < -0.39 is 36.9 Å². The van der Waals surface area contributed by atoms with E-state index in [0.29, 0.717) is 18.5 Å². The Bertz CT molecular complexity index is 673. The maximum Gasteiger partial charge on any atom is 0.405 e. The topological polar surface area (TPSA) is 86.7 Å². The van der Waals surface area contributed by atoms with Gasteiger partial charge in [-0.05, 0) is 29.7 Å². The van der Waals surface area contributed by atoms with Gasteiger partial charge in [0.25, 0.3) is 0 Å². The van der Waals surface area contributed by atoms with Gasteiger partial charge in [0.05, 0.1) is 5.56 Å². The molecule has 0 atom stereocenters. The van der Waals surface area contributed by atoms with Gasteiger partial charge in [-0.25, -0.2) is 4.79 Å². The van der Waals surface area contributed by atoms with Crippen LogP contribution in [-0.4, -0.2) is 47.1 Å². The van der Waals surface area contributed by atoms with E-state index in [1.165, 1.54) is 17.0 Å². The van der Waals surface area contributed by atoms with E-state index in [1.54, 1.807) is 11.4 Å². The third-order valence-corrected chi connectivity index (χ3v) is 3.62. The lowest BCUT2D eigenvalue weighted by Crippen LogP contribution is -2.40. The van der Waals surface area contributed by atoms with E-state index in [-0.39, 0.29) is 12.1 Å². The Kier molecular flexibility index (Phi) is 5.10. The second-order valence-electron chi connectivity index (χ2n) is 5.42. The van der Waals surface area contributed by atoms with Crippen LogP contribution in [0.15, 0.2) is 18.2 Å². The number of fused-ring (bicyclic) bond motifs is 1. The predicted molar refractivity (Wildman–Crippen MR) is 76.2 cm³/mol. The fraction of sp³-hybridized carbons (Fsp3) is 0.400. The van der Waals surface area contributed by atoms with E-state index in [2.05, 4.69) is 0 Å². The third kappa shape index (κ3) is 4.71. The lowest BCUT2D eigenvalue weighted by molar-refractivity contribution is -0.143. The van der Waals surface area contributed by atoms with E-state index in [9.17, 15) is 27.6 Å². The number of halogens is 3. The third-order valence-electron chi connectivity index (χ3n) is 3.62. The molecule has 1 aromatic rings. The number of carboxylic acids is 1. The lowest BCUT2D eigenvalue weighted by Gasteiger charge is -2.29. The van der Waals surface area contributed by atoms with Gasteiger partial charge in [0.1, 0.15) is 13.0 Å². The summed E-state index contributed by atoms with van der Waals surface area (Å²) >= 11 is 0. The standard InChI is InChI=1S/C15H15F3N2O4/c16-15(17,18)8-19-12(21)6-13(22)20-4-3-9-1-2-10(14(23)24)5-11(9)7-20/h1-2,5H,3-4,6-8H2,(H,19,21)(H,23,24). The molecule has 0 spiro atoms. The molecule has 0 aliphatic carbocycles. The summed E-state index contributed by atoms with van der Waals surface area (Å²) in [6.45, 7) is -1.03. The van der Waals surface area contributed by atoms with Crippen LogP contribution in [-0.2, 0) is 22.6 Å². The van der Waals surface area contributed by atoms with Gasteiger partial charge in [-0.2, -0.15) is 13.2 Å². The zero-order valence-corrected chi connectivity index (χ0v) is 12.5. The molecule has 9 heteroatoms. The number of aromatic carboxylic acids is 1. The first-order chi connectivity index (χ1) is 11.2. The minimum Gasteiger partial charge on any atom is -0.478 e. The van der Waals surface area contributed by atoms with Gasteiger partial charge in [-0.3, -0.25) is 9.59 Å². The molecule has 0 radical (unpaired) electrons. The highest BCUT2D eigenvalue weighted by atomic mass is 19.4. The van der Waals surface area contributed by atoms with Gasteiger partial charge < -0.3 is 15.3 Å². The molecule has 24 heavy (non-hydrogen) atoms. The first-order valence-corrected chi connectivity index (χ1v) is 7.12. The molecule has 0 unspecified atom stereocenters. The summed E-state index contributed by atoms with van der Waals surface area (Å²) in [5.74, 6) is -2.68. The fourth-order valence-corrected chi connectivity index (χ4v) is 2.41. The average molecular weight is 344 g/mol. The van der Waals surface area contributed by atoms with Gasteiger partial charge in [0.15, 0.2) is 0 Å². The number of alkyl halides is 3. The molecule has 1 aromatic carbocycles. The van der Waals surface area contributed by atoms with Crippen molar-refractivity contribution in [2.24, 2.45) is 0 Å². The second kappa shape index (κ2) is 6.90. The highest BCUT2D eigenvalue weighted by Crippen LogP contribution is 2.21. The Morgan fingerprint density at radius 1 is 1.21 bits per heavy atom. The quantitative estimate of drug-likeness (QED) is 0.807. The molecule has 0 fully saturated rings. The van der Waals surface area contributed by atoms with Gasteiger partial charge in [-0.1, -0.05) is 6.07 Å². The number of amides is 2. The Morgan fingerprint density at radius 3 is 2.54 bits per heavy atom. The van der Waals surface area contributed by atoms with Crippen molar-refractivity contribution >= 4 is 17.8 Å². The minimum atomic E-state index is -4.53. The molecule has 2 N–H and O–H groups in total. The van der Waals surface area contributed by atoms with Crippen LogP contribution in [0.1, 0.15) is 27.9 Å². The fourth-order valence-electron chi connectivity index (χ4n) is 2.41. The van der Waals surface area contributed by atoms with Crippen molar-refractivity contribution in [2.75, 3.05) is 13.1 Å². The van der Waals surface area contributed by atoms with Crippen molar-refractivity contribution in [3.05, 3.63) is 34.9 Å². The van der Waals surface area contributed by atoms with E-state index in [1.807, 2.05) is 0 Å². The summed E-state index contributed by atoms with van der Waals surface area (Å²) in [6, 6.07) is 4.61. The number of benzene rings is 1. The van der Waals surface area contributed by atoms with Crippen LogP contribution in [0.5, 0.6) is 0 Å². The van der Waals surface area contributed by atoms with Gasteiger partial charge in [0, 0.05) is 13.1 Å². The maximum atomic E-state index is 12.0. The molecular formula is C15H15F3N2O4. The molecule has 1 aliphatic rings. The van der Waals surface area contributed by atoms with Crippen molar-refractivity contribution in [3.63, 3.8) is 0 Å². The van der Waals surface area contributed by atoms with Crippen LogP contribution < -0.4 is 5.32 Å². The summed E-state index contributed by atoms with van der Waals surface area (Å²) < 4.78 is 36.1. The maximum absolute atomic E-state index is 12.0. The summed E-state index contributed by atoms with van der Waals surface area (Å²) in [5.41, 5.74) is 1.65. The number of nitrogens with one attached hydrogen (secondary N) is 1. The molecule has 0 aromatic heterocycles. The van der Waals surface area contributed by atoms with Gasteiger partial charge >= 0.3 is 12.1 Å². The number of carboxylic acid groups (broad SMARTS) is 1. The highest BCUT2D eigenvalue weighted by Gasteiger charge is 2.29. The molecule has 0 saturated carbocycles. The number of rotatable bonds is 4. The highest BCUT2D eigenvalue weighted by molar-refractivity contribution is 5.97. The van der Waals surface area contributed by atoms with Crippen LogP contribution in [0.4, 0.5) is 13.2 Å². The summed E-state index contributed by atoms with van der Waals surface area (Å²) in [5, 5.41) is 10.6. The van der Waals surface area contributed by atoms with Crippen LogP contribution in [0.25, 0.3) is 0 Å². The van der Waals surface area contributed by atoms with Crippen molar-refractivity contribution in [3.8, 4) is 0 Å². The molecule has 2 rings (SSSR count). The van der Waals surface area contributed by atoms with E-state index >= 15 is 0 Å². The number of carbonyl (C=O) groups excluding carboxylic acids is 2. The predicted octanol–water partition coefficient (Wildman–Crippen LogP) is 1.34. The zero-order valence-electron chi connectivity index (χ0n) is 12.5. The summed E-state index contributed by atoms with van der Waals surface area (Å²) in [7, 11) is 0. The van der Waals surface area contributed by atoms with Gasteiger partial charge in [-0.15, -0.1) is 0 Å². The summed E-state index contributed by atoms with van der Waals surface area (Å²) in [4.78, 5) is 35.7. The normalized spacial score (nSPS) is 14.0. The van der Waals surface area contributed by atoms with Crippen molar-refractivity contribution < 1.29 is 32.7 Å². The van der Waals surface area contributed by atoms with Crippen LogP contribution >= 0.6 is 0 Å². The van der Waals surface area contributed by atoms with Crippen molar-refractivity contribution in [1.82, 2.24) is 10.2 Å². The molecule has 2 amide bonds. The molecule has 130 valence electrons. The van der Waals surface area contributed by atoms with E-state index in [4.69, 9.17) is 5.11 Å². The monoisotopic (exact) mass is 344 g/mol. The molecule has 6 nitrogen and oxygen atoms in total. The lowest BCUT2D eigenvalue weighted by atomic mass is 9.97. The van der Waals surface area contributed by atoms with Crippen LogP contribution in [0, 0.1) is 0 Å². The molecular weight excluding hydrogens is 329 g/mol. The van der Waals surface area contributed by atoms with Crippen LogP contribution in [0.2, 0.25) is 0 Å². The molecule has 1 heterocycles. The number of carbonyl (C=O) groups is 3. The zero-order chi connectivity index (χ0) is 17.9. The minimum absolute atomic E-state index is 0.0889. The van der Waals surface area contributed by atoms with Gasteiger partial charge in [0.2, 0.25) is 11.8 Å². The first kappa shape index (κ1) is 17.8. The largest absolute Gasteiger partial charge is 0.478 e. The second-order valence-corrected chi connectivity index (χ2v) is 5.42. The number of nitrogens with zero attached hydrogens (tertiary/aromatic N) is 1.